The molecule has 0 amide bonds. The van der Waals surface area contributed by atoms with Gasteiger partial charge in [0.1, 0.15) is 11.2 Å². The quantitative estimate of drug-likeness (QED) is 0.443. The zero-order chi connectivity index (χ0) is 8.97. The van der Waals surface area contributed by atoms with Crippen LogP contribution in [-0.4, -0.2) is 10.5 Å². The molecule has 1 rings (SSSR count). The number of furan rings is 1. The first-order chi connectivity index (χ1) is 5.74. The van der Waals surface area contributed by atoms with E-state index in [4.69, 9.17) is 4.42 Å². The van der Waals surface area contributed by atoms with Crippen molar-refractivity contribution in [3.8, 4) is 0 Å². The van der Waals surface area contributed by atoms with Crippen LogP contribution in [0.2, 0.25) is 0 Å². The van der Waals surface area contributed by atoms with Crippen LogP contribution in [0.1, 0.15) is 12.2 Å². The van der Waals surface area contributed by atoms with Crippen LogP contribution in [0.5, 0.6) is 0 Å². The number of aliphatic hydroxyl groups is 1. The minimum absolute atomic E-state index is 0.418. The van der Waals surface area contributed by atoms with Crippen molar-refractivity contribution >= 4 is 11.8 Å². The van der Waals surface area contributed by atoms with E-state index in [1.807, 2.05) is 13.0 Å². The molecule has 66 valence electrons. The van der Waals surface area contributed by atoms with E-state index in [1.165, 1.54) is 11.8 Å². The Balaban J connectivity index is 2.51. The molecule has 1 N–H and O–H groups in total. The standard InChI is InChI=1S/C9H12O2S/c1-3-4-9(10)12-8-5-6-11-7(8)2/h3,5-6,9-10H,1,4H2,2H3. The molecule has 1 heterocycles. The summed E-state index contributed by atoms with van der Waals surface area (Å²) in [7, 11) is 0. The number of rotatable bonds is 4. The van der Waals surface area contributed by atoms with Crippen LogP contribution < -0.4 is 0 Å². The molecule has 12 heavy (non-hydrogen) atoms. The van der Waals surface area contributed by atoms with Crippen molar-refractivity contribution in [2.45, 2.75) is 23.7 Å². The maximum atomic E-state index is 9.40. The maximum absolute atomic E-state index is 9.40. The third-order valence-corrected chi connectivity index (χ3v) is 2.58. The van der Waals surface area contributed by atoms with Gasteiger partial charge in [-0.25, -0.2) is 0 Å². The molecule has 2 nitrogen and oxygen atoms in total. The van der Waals surface area contributed by atoms with Crippen molar-refractivity contribution in [1.82, 2.24) is 0 Å². The molecular formula is C9H12O2S. The summed E-state index contributed by atoms with van der Waals surface area (Å²) in [5.74, 6) is 0.850. The molecule has 0 saturated heterocycles. The molecule has 0 aliphatic carbocycles. The average molecular weight is 184 g/mol. The Bertz CT molecular complexity index is 255. The van der Waals surface area contributed by atoms with E-state index in [0.717, 1.165) is 10.7 Å². The molecule has 0 radical (unpaired) electrons. The van der Waals surface area contributed by atoms with Gasteiger partial charge in [0.15, 0.2) is 0 Å². The van der Waals surface area contributed by atoms with Gasteiger partial charge in [0, 0.05) is 6.42 Å². The van der Waals surface area contributed by atoms with Crippen molar-refractivity contribution in [3.05, 3.63) is 30.7 Å². The number of aryl methyl sites for hydroxylation is 1. The largest absolute Gasteiger partial charge is 0.468 e. The Hall–Kier alpha value is -0.670. The van der Waals surface area contributed by atoms with Gasteiger partial charge in [0.25, 0.3) is 0 Å². The van der Waals surface area contributed by atoms with Crippen LogP contribution in [0.15, 0.2) is 34.3 Å². The Morgan fingerprint density at radius 1 is 1.83 bits per heavy atom. The van der Waals surface area contributed by atoms with Crippen LogP contribution in [0.4, 0.5) is 0 Å². The molecule has 1 atom stereocenters. The van der Waals surface area contributed by atoms with Gasteiger partial charge in [-0.2, -0.15) is 0 Å². The summed E-state index contributed by atoms with van der Waals surface area (Å²) in [6.45, 7) is 5.43. The van der Waals surface area contributed by atoms with Crippen molar-refractivity contribution in [2.24, 2.45) is 0 Å². The van der Waals surface area contributed by atoms with Crippen molar-refractivity contribution in [2.75, 3.05) is 0 Å². The van der Waals surface area contributed by atoms with Crippen LogP contribution in [0.3, 0.4) is 0 Å². The van der Waals surface area contributed by atoms with E-state index < -0.39 is 5.44 Å². The zero-order valence-corrected chi connectivity index (χ0v) is 7.80. The Kier molecular flexibility index (Phi) is 3.44. The predicted octanol–water partition coefficient (Wildman–Crippen LogP) is 2.57. The van der Waals surface area contributed by atoms with E-state index >= 15 is 0 Å². The van der Waals surface area contributed by atoms with Gasteiger partial charge in [-0.1, -0.05) is 17.8 Å². The lowest BCUT2D eigenvalue weighted by molar-refractivity contribution is 0.267. The molecule has 1 aromatic heterocycles. The lowest BCUT2D eigenvalue weighted by Crippen LogP contribution is -1.97. The Morgan fingerprint density at radius 3 is 3.08 bits per heavy atom. The van der Waals surface area contributed by atoms with Crippen molar-refractivity contribution in [3.63, 3.8) is 0 Å². The summed E-state index contributed by atoms with van der Waals surface area (Å²) in [4.78, 5) is 0.990. The first-order valence-corrected chi connectivity index (χ1v) is 4.61. The summed E-state index contributed by atoms with van der Waals surface area (Å²) in [6.07, 6.45) is 3.92. The first kappa shape index (κ1) is 9.42. The molecule has 0 bridgehead atoms. The summed E-state index contributed by atoms with van der Waals surface area (Å²) in [6, 6.07) is 1.85. The van der Waals surface area contributed by atoms with Gasteiger partial charge in [0.05, 0.1) is 11.2 Å². The molecule has 0 fully saturated rings. The minimum Gasteiger partial charge on any atom is -0.468 e. The van der Waals surface area contributed by atoms with Crippen LogP contribution in [0.25, 0.3) is 0 Å². The molecule has 0 aromatic carbocycles. The molecule has 1 aromatic rings. The minimum atomic E-state index is -0.418. The highest BCUT2D eigenvalue weighted by atomic mass is 32.2. The second-order valence-electron chi connectivity index (χ2n) is 2.44. The fourth-order valence-corrected chi connectivity index (χ4v) is 1.71. The number of thioether (sulfide) groups is 1. The molecule has 0 spiro atoms. The Labute approximate surface area is 76.3 Å². The van der Waals surface area contributed by atoms with E-state index in [-0.39, 0.29) is 0 Å². The number of aliphatic hydroxyl groups excluding tert-OH is 1. The second-order valence-corrected chi connectivity index (χ2v) is 3.66. The first-order valence-electron chi connectivity index (χ1n) is 3.73. The van der Waals surface area contributed by atoms with E-state index in [0.29, 0.717) is 6.42 Å². The fraction of sp³-hybridized carbons (Fsp3) is 0.333. The molecule has 3 heteroatoms. The fourth-order valence-electron chi connectivity index (χ4n) is 0.833. The molecule has 1 unspecified atom stereocenters. The summed E-state index contributed by atoms with van der Waals surface area (Å²) in [5.41, 5.74) is -0.418. The lowest BCUT2D eigenvalue weighted by atomic mass is 10.4. The lowest BCUT2D eigenvalue weighted by Gasteiger charge is -2.05. The highest BCUT2D eigenvalue weighted by molar-refractivity contribution is 7.99. The number of hydrogen-bond donors (Lipinski definition) is 1. The van der Waals surface area contributed by atoms with Crippen molar-refractivity contribution in [1.29, 1.82) is 0 Å². The van der Waals surface area contributed by atoms with Gasteiger partial charge >= 0.3 is 0 Å². The SMILES string of the molecule is C=CCC(O)Sc1ccoc1C. The van der Waals surface area contributed by atoms with Gasteiger partial charge in [0.2, 0.25) is 0 Å². The highest BCUT2D eigenvalue weighted by Gasteiger charge is 2.07. The third kappa shape index (κ3) is 2.43. The van der Waals surface area contributed by atoms with Gasteiger partial charge in [-0.3, -0.25) is 0 Å². The molecule has 0 aliphatic rings. The van der Waals surface area contributed by atoms with E-state index in [2.05, 4.69) is 6.58 Å². The van der Waals surface area contributed by atoms with Gasteiger partial charge in [-0.15, -0.1) is 6.58 Å². The van der Waals surface area contributed by atoms with E-state index in [1.54, 1.807) is 12.3 Å². The predicted molar refractivity (Wildman–Crippen MR) is 50.1 cm³/mol. The molecular weight excluding hydrogens is 172 g/mol. The van der Waals surface area contributed by atoms with Crippen LogP contribution in [0, 0.1) is 6.92 Å². The van der Waals surface area contributed by atoms with Crippen LogP contribution >= 0.6 is 11.8 Å². The zero-order valence-electron chi connectivity index (χ0n) is 6.99. The third-order valence-electron chi connectivity index (χ3n) is 1.44. The molecule has 0 aliphatic heterocycles. The van der Waals surface area contributed by atoms with Crippen LogP contribution in [-0.2, 0) is 0 Å². The Morgan fingerprint density at radius 2 is 2.58 bits per heavy atom. The summed E-state index contributed by atoms with van der Waals surface area (Å²) in [5, 5.41) is 9.40. The second kappa shape index (κ2) is 4.38. The average Bonchev–Trinajstić information content (AvgIpc) is 2.37. The smallest absolute Gasteiger partial charge is 0.114 e. The maximum Gasteiger partial charge on any atom is 0.114 e. The highest BCUT2D eigenvalue weighted by Crippen LogP contribution is 2.27. The topological polar surface area (TPSA) is 33.4 Å². The monoisotopic (exact) mass is 184 g/mol. The number of hydrogen-bond acceptors (Lipinski definition) is 3. The summed E-state index contributed by atoms with van der Waals surface area (Å²) >= 11 is 1.39. The van der Waals surface area contributed by atoms with Gasteiger partial charge in [-0.05, 0) is 13.0 Å². The summed E-state index contributed by atoms with van der Waals surface area (Å²) < 4.78 is 5.09. The van der Waals surface area contributed by atoms with Crippen molar-refractivity contribution < 1.29 is 9.52 Å². The normalized spacial score (nSPS) is 12.8. The van der Waals surface area contributed by atoms with E-state index in [9.17, 15) is 5.11 Å². The van der Waals surface area contributed by atoms with Gasteiger partial charge < -0.3 is 9.52 Å². The molecule has 0 saturated carbocycles.